The van der Waals surface area contributed by atoms with E-state index in [-0.39, 0.29) is 30.1 Å². The summed E-state index contributed by atoms with van der Waals surface area (Å²) in [6, 6.07) is 9.81. The SMILES string of the molecule is CCOC(=O)c1c(NC(=O)CSc2nnc(NC(=O)CCc3ccccc3)s2)sc2c1CCCCC2. The molecule has 36 heavy (non-hydrogen) atoms. The molecule has 0 bridgehead atoms. The van der Waals surface area contributed by atoms with Crippen molar-refractivity contribution in [3.05, 3.63) is 51.9 Å². The van der Waals surface area contributed by atoms with Crippen molar-refractivity contribution in [2.24, 2.45) is 0 Å². The highest BCUT2D eigenvalue weighted by atomic mass is 32.2. The highest BCUT2D eigenvalue weighted by Gasteiger charge is 2.26. The van der Waals surface area contributed by atoms with Crippen molar-refractivity contribution in [3.8, 4) is 0 Å². The van der Waals surface area contributed by atoms with Crippen molar-refractivity contribution >= 4 is 62.4 Å². The van der Waals surface area contributed by atoms with Gasteiger partial charge in [-0.2, -0.15) is 0 Å². The fourth-order valence-electron chi connectivity index (χ4n) is 3.94. The molecule has 1 aliphatic carbocycles. The van der Waals surface area contributed by atoms with Gasteiger partial charge in [-0.15, -0.1) is 21.5 Å². The number of aromatic nitrogens is 2. The molecule has 3 aromatic rings. The van der Waals surface area contributed by atoms with Crippen LogP contribution in [0.1, 0.15) is 59.0 Å². The number of esters is 1. The molecular weight excluding hydrogens is 517 g/mol. The van der Waals surface area contributed by atoms with Gasteiger partial charge in [-0.1, -0.05) is 59.9 Å². The van der Waals surface area contributed by atoms with Crippen molar-refractivity contribution in [2.45, 2.75) is 56.2 Å². The van der Waals surface area contributed by atoms with Gasteiger partial charge in [0.2, 0.25) is 16.9 Å². The second-order valence-corrected chi connectivity index (χ2v) is 11.5. The molecule has 8 nitrogen and oxygen atoms in total. The zero-order valence-corrected chi connectivity index (χ0v) is 22.5. The van der Waals surface area contributed by atoms with Crippen LogP contribution in [-0.2, 0) is 33.6 Å². The first-order valence-electron chi connectivity index (χ1n) is 11.9. The number of amides is 2. The minimum atomic E-state index is -0.378. The molecular formula is C25H28N4O4S3. The molecule has 1 aliphatic rings. The Morgan fingerprint density at radius 2 is 1.81 bits per heavy atom. The first kappa shape index (κ1) is 26.3. The van der Waals surface area contributed by atoms with E-state index in [1.807, 2.05) is 30.3 Å². The second-order valence-electron chi connectivity index (χ2n) is 8.23. The summed E-state index contributed by atoms with van der Waals surface area (Å²) in [6.45, 7) is 2.06. The van der Waals surface area contributed by atoms with Crippen molar-refractivity contribution in [1.29, 1.82) is 0 Å². The van der Waals surface area contributed by atoms with Crippen LogP contribution < -0.4 is 10.6 Å². The van der Waals surface area contributed by atoms with Gasteiger partial charge >= 0.3 is 5.97 Å². The first-order chi connectivity index (χ1) is 17.5. The lowest BCUT2D eigenvalue weighted by molar-refractivity contribution is -0.116. The number of thioether (sulfide) groups is 1. The lowest BCUT2D eigenvalue weighted by atomic mass is 10.1. The normalized spacial score (nSPS) is 12.9. The van der Waals surface area contributed by atoms with Crippen molar-refractivity contribution in [3.63, 3.8) is 0 Å². The number of carbonyl (C=O) groups excluding carboxylic acids is 3. The Balaban J connectivity index is 1.30. The third kappa shape index (κ3) is 7.14. The summed E-state index contributed by atoms with van der Waals surface area (Å²) in [7, 11) is 0. The van der Waals surface area contributed by atoms with E-state index < -0.39 is 0 Å². The minimum Gasteiger partial charge on any atom is -0.462 e. The molecule has 0 aliphatic heterocycles. The fraction of sp³-hybridized carbons (Fsp3) is 0.400. The molecule has 0 fully saturated rings. The number of rotatable bonds is 10. The van der Waals surface area contributed by atoms with Crippen LogP contribution in [0.4, 0.5) is 10.1 Å². The quantitative estimate of drug-likeness (QED) is 0.153. The maximum absolute atomic E-state index is 12.7. The van der Waals surface area contributed by atoms with Crippen molar-refractivity contribution in [2.75, 3.05) is 23.0 Å². The van der Waals surface area contributed by atoms with Crippen LogP contribution in [-0.4, -0.2) is 40.3 Å². The molecule has 4 rings (SSSR count). The number of aryl methyl sites for hydroxylation is 2. The number of hydrogen-bond acceptors (Lipinski definition) is 9. The van der Waals surface area contributed by atoms with E-state index in [0.717, 1.165) is 48.1 Å². The summed E-state index contributed by atoms with van der Waals surface area (Å²) in [6.07, 6.45) is 5.99. The van der Waals surface area contributed by atoms with Gasteiger partial charge in [0.05, 0.1) is 17.9 Å². The Kier molecular flexibility index (Phi) is 9.48. The van der Waals surface area contributed by atoms with Crippen LogP contribution in [0.2, 0.25) is 0 Å². The number of nitrogens with zero attached hydrogens (tertiary/aromatic N) is 2. The Labute approximate surface area is 222 Å². The van der Waals surface area contributed by atoms with Crippen molar-refractivity contribution < 1.29 is 19.1 Å². The number of thiophene rings is 1. The summed E-state index contributed by atoms with van der Waals surface area (Å²) in [5.74, 6) is -0.628. The third-order valence-electron chi connectivity index (χ3n) is 5.62. The number of fused-ring (bicyclic) bond motifs is 1. The highest BCUT2D eigenvalue weighted by molar-refractivity contribution is 8.01. The fourth-order valence-corrected chi connectivity index (χ4v) is 6.80. The predicted molar refractivity (Wildman–Crippen MR) is 144 cm³/mol. The van der Waals surface area contributed by atoms with Gasteiger partial charge in [0.25, 0.3) is 0 Å². The first-order valence-corrected chi connectivity index (χ1v) is 14.6. The van der Waals surface area contributed by atoms with Crippen LogP contribution >= 0.6 is 34.4 Å². The van der Waals surface area contributed by atoms with Crippen LogP contribution in [0.15, 0.2) is 34.7 Å². The molecule has 0 saturated heterocycles. The van der Waals surface area contributed by atoms with E-state index in [1.165, 1.54) is 34.4 Å². The summed E-state index contributed by atoms with van der Waals surface area (Å²) in [5.41, 5.74) is 2.63. The summed E-state index contributed by atoms with van der Waals surface area (Å²) in [4.78, 5) is 38.8. The predicted octanol–water partition coefficient (Wildman–Crippen LogP) is 5.35. The van der Waals surface area contributed by atoms with Gasteiger partial charge < -0.3 is 15.4 Å². The number of ether oxygens (including phenoxy) is 1. The molecule has 0 atom stereocenters. The Morgan fingerprint density at radius 3 is 2.61 bits per heavy atom. The van der Waals surface area contributed by atoms with Crippen LogP contribution in [0.25, 0.3) is 0 Å². The second kappa shape index (κ2) is 13.0. The molecule has 11 heteroatoms. The van der Waals surface area contributed by atoms with Crippen molar-refractivity contribution in [1.82, 2.24) is 10.2 Å². The molecule has 2 N–H and O–H groups in total. The highest BCUT2D eigenvalue weighted by Crippen LogP contribution is 2.38. The van der Waals surface area contributed by atoms with Crippen LogP contribution in [0, 0.1) is 0 Å². The average molecular weight is 545 g/mol. The van der Waals surface area contributed by atoms with Gasteiger partial charge in [-0.3, -0.25) is 9.59 Å². The molecule has 2 aromatic heterocycles. The summed E-state index contributed by atoms with van der Waals surface area (Å²) < 4.78 is 5.86. The third-order valence-corrected chi connectivity index (χ3v) is 8.80. The molecule has 0 spiro atoms. The van der Waals surface area contributed by atoms with Gasteiger partial charge in [-0.05, 0) is 50.2 Å². The average Bonchev–Trinajstić information content (AvgIpc) is 3.38. The zero-order valence-electron chi connectivity index (χ0n) is 20.0. The van der Waals surface area contributed by atoms with Crippen LogP contribution in [0.3, 0.4) is 0 Å². The van der Waals surface area contributed by atoms with Gasteiger partial charge in [0.1, 0.15) is 5.00 Å². The largest absolute Gasteiger partial charge is 0.462 e. The molecule has 2 heterocycles. The monoisotopic (exact) mass is 544 g/mol. The minimum absolute atomic E-state index is 0.113. The van der Waals surface area contributed by atoms with Gasteiger partial charge in [-0.25, -0.2) is 4.79 Å². The van der Waals surface area contributed by atoms with E-state index in [0.29, 0.717) is 32.9 Å². The number of nitrogens with one attached hydrogen (secondary N) is 2. The molecule has 1 aromatic carbocycles. The van der Waals surface area contributed by atoms with E-state index >= 15 is 0 Å². The summed E-state index contributed by atoms with van der Waals surface area (Å²) in [5, 5.41) is 14.7. The van der Waals surface area contributed by atoms with E-state index in [4.69, 9.17) is 4.74 Å². The van der Waals surface area contributed by atoms with E-state index in [9.17, 15) is 14.4 Å². The van der Waals surface area contributed by atoms with E-state index in [1.54, 1.807) is 6.92 Å². The standard InChI is InChI=1S/C25H28N4O4S3/c1-2-33-23(32)21-17-11-7-4-8-12-18(17)35-22(21)26-20(31)15-34-25-29-28-24(36-25)27-19(30)14-13-16-9-5-3-6-10-16/h3,5-6,9-10H,2,4,7-8,11-15H2,1H3,(H,26,31)(H,27,28,30). The lowest BCUT2D eigenvalue weighted by Gasteiger charge is -2.08. The number of anilines is 2. The molecule has 2 amide bonds. The molecule has 0 saturated carbocycles. The van der Waals surface area contributed by atoms with Gasteiger partial charge in [0.15, 0.2) is 4.34 Å². The zero-order chi connectivity index (χ0) is 25.3. The topological polar surface area (TPSA) is 110 Å². The number of carbonyl (C=O) groups is 3. The lowest BCUT2D eigenvalue weighted by Crippen LogP contribution is -2.16. The molecule has 190 valence electrons. The van der Waals surface area contributed by atoms with Crippen LogP contribution in [0.5, 0.6) is 0 Å². The maximum atomic E-state index is 12.7. The number of hydrogen-bond donors (Lipinski definition) is 2. The van der Waals surface area contributed by atoms with E-state index in [2.05, 4.69) is 20.8 Å². The maximum Gasteiger partial charge on any atom is 0.341 e. The van der Waals surface area contributed by atoms with Gasteiger partial charge in [0, 0.05) is 11.3 Å². The number of benzene rings is 1. The molecule has 0 radical (unpaired) electrons. The smallest absolute Gasteiger partial charge is 0.341 e. The molecule has 0 unspecified atom stereocenters. The Morgan fingerprint density at radius 1 is 1.00 bits per heavy atom. The Bertz CT molecular complexity index is 1210. The summed E-state index contributed by atoms with van der Waals surface area (Å²) >= 11 is 3.94. The Hall–Kier alpha value is -2.76.